The van der Waals surface area contributed by atoms with E-state index in [2.05, 4.69) is 15.4 Å². The molecule has 9 heteroatoms. The monoisotopic (exact) mass is 257 g/mol. The van der Waals surface area contributed by atoms with Crippen molar-refractivity contribution >= 4 is 17.9 Å². The number of nitrogens with zero attached hydrogens (tertiary/aromatic N) is 4. The average molecular weight is 257 g/mol. The summed E-state index contributed by atoms with van der Waals surface area (Å²) in [5.74, 6) is -0.855. The minimum atomic E-state index is -1.10. The summed E-state index contributed by atoms with van der Waals surface area (Å²) in [5, 5.41) is 15.0. The molecule has 18 heavy (non-hydrogen) atoms. The molecule has 0 aliphatic heterocycles. The van der Waals surface area contributed by atoms with E-state index in [0.29, 0.717) is 0 Å². The number of aromatic nitrogens is 3. The molecule has 0 saturated heterocycles. The Bertz CT molecular complexity index is 419. The largest absolute Gasteiger partial charge is 0.480 e. The summed E-state index contributed by atoms with van der Waals surface area (Å²) in [6, 6.07) is -0.564. The Kier molecular flexibility index (Phi) is 5.06. The van der Waals surface area contributed by atoms with Crippen LogP contribution in [0.25, 0.3) is 0 Å². The van der Waals surface area contributed by atoms with Gasteiger partial charge in [0.05, 0.1) is 6.61 Å². The number of methoxy groups -OCH3 is 1. The maximum absolute atomic E-state index is 11.8. The van der Waals surface area contributed by atoms with Crippen LogP contribution in [-0.2, 0) is 16.6 Å². The fourth-order valence-corrected chi connectivity index (χ4v) is 1.20. The summed E-state index contributed by atoms with van der Waals surface area (Å²) < 4.78 is 6.18. The Morgan fingerprint density at radius 1 is 1.61 bits per heavy atom. The number of aryl methyl sites for hydroxylation is 1. The molecular weight excluding hydrogens is 242 g/mol. The van der Waals surface area contributed by atoms with Crippen LogP contribution in [0.4, 0.5) is 10.7 Å². The van der Waals surface area contributed by atoms with Gasteiger partial charge in [-0.1, -0.05) is 0 Å². The molecule has 0 fully saturated rings. The number of anilines is 1. The van der Waals surface area contributed by atoms with Crippen molar-refractivity contribution in [1.29, 1.82) is 0 Å². The van der Waals surface area contributed by atoms with Crippen molar-refractivity contribution < 1.29 is 19.4 Å². The first-order valence-corrected chi connectivity index (χ1v) is 5.15. The van der Waals surface area contributed by atoms with Crippen LogP contribution in [-0.4, -0.2) is 63.6 Å². The summed E-state index contributed by atoms with van der Waals surface area (Å²) in [5.41, 5.74) is 0. The van der Waals surface area contributed by atoms with E-state index >= 15 is 0 Å². The van der Waals surface area contributed by atoms with E-state index in [9.17, 15) is 9.59 Å². The minimum absolute atomic E-state index is 0.173. The van der Waals surface area contributed by atoms with Gasteiger partial charge in [-0.3, -0.25) is 10.1 Å². The first-order chi connectivity index (χ1) is 8.54. The summed E-state index contributed by atoms with van der Waals surface area (Å²) in [4.78, 5) is 27.4. The number of rotatable bonds is 6. The van der Waals surface area contributed by atoms with E-state index in [1.807, 2.05) is 0 Å². The quantitative estimate of drug-likeness (QED) is 0.702. The van der Waals surface area contributed by atoms with Crippen LogP contribution in [0.15, 0.2) is 6.33 Å². The molecule has 0 saturated carbocycles. The molecule has 0 radical (unpaired) electrons. The number of nitrogens with one attached hydrogen (secondary N) is 1. The second-order valence-corrected chi connectivity index (χ2v) is 3.45. The molecule has 0 aliphatic carbocycles. The molecule has 1 aromatic heterocycles. The number of hydrogen-bond donors (Lipinski definition) is 2. The minimum Gasteiger partial charge on any atom is -0.480 e. The molecule has 100 valence electrons. The Morgan fingerprint density at radius 2 is 2.33 bits per heavy atom. The summed E-state index contributed by atoms with van der Waals surface area (Å²) in [6.45, 7) is 0.0129. The fourth-order valence-electron chi connectivity index (χ4n) is 1.20. The second-order valence-electron chi connectivity index (χ2n) is 3.45. The van der Waals surface area contributed by atoms with Crippen LogP contribution in [0.5, 0.6) is 0 Å². The van der Waals surface area contributed by atoms with Crippen LogP contribution in [0.1, 0.15) is 0 Å². The molecule has 0 spiro atoms. The molecule has 0 unspecified atom stereocenters. The highest BCUT2D eigenvalue weighted by molar-refractivity contribution is 5.89. The summed E-state index contributed by atoms with van der Waals surface area (Å²) in [6.07, 6.45) is 1.28. The van der Waals surface area contributed by atoms with Crippen LogP contribution >= 0.6 is 0 Å². The van der Waals surface area contributed by atoms with Crippen molar-refractivity contribution in [2.75, 3.05) is 32.1 Å². The third kappa shape index (κ3) is 4.01. The van der Waals surface area contributed by atoms with Gasteiger partial charge in [0, 0.05) is 20.7 Å². The fraction of sp³-hybridized carbons (Fsp3) is 0.556. The summed E-state index contributed by atoms with van der Waals surface area (Å²) >= 11 is 0. The standard InChI is InChI=1S/C9H15N5O4/c1-13-8(10-6-11-13)12-9(17)14(3-4-18-2)5-7(15)16/h6H,3-5H2,1-2H3,(H,15,16)(H,10,11,12,17). The van der Waals surface area contributed by atoms with Gasteiger partial charge in [0.25, 0.3) is 0 Å². The molecule has 0 atom stereocenters. The molecule has 0 aliphatic rings. The number of amides is 2. The van der Waals surface area contributed by atoms with Gasteiger partial charge in [0.15, 0.2) is 0 Å². The molecule has 1 heterocycles. The van der Waals surface area contributed by atoms with Crippen LogP contribution in [0.3, 0.4) is 0 Å². The second kappa shape index (κ2) is 6.55. The number of aliphatic carboxylic acids is 1. The van der Waals surface area contributed by atoms with Crippen molar-refractivity contribution in [3.8, 4) is 0 Å². The third-order valence-corrected chi connectivity index (χ3v) is 2.11. The molecule has 0 aromatic carbocycles. The first-order valence-electron chi connectivity index (χ1n) is 5.15. The Morgan fingerprint density at radius 3 is 2.83 bits per heavy atom. The third-order valence-electron chi connectivity index (χ3n) is 2.11. The smallest absolute Gasteiger partial charge is 0.324 e. The molecule has 9 nitrogen and oxygen atoms in total. The highest BCUT2D eigenvalue weighted by Crippen LogP contribution is 2.01. The molecule has 1 aromatic rings. The lowest BCUT2D eigenvalue weighted by molar-refractivity contribution is -0.137. The predicted molar refractivity (Wildman–Crippen MR) is 61.1 cm³/mol. The predicted octanol–water partition coefficient (Wildman–Crippen LogP) is -0.620. The lowest BCUT2D eigenvalue weighted by Gasteiger charge is -2.20. The van der Waals surface area contributed by atoms with E-state index in [0.717, 1.165) is 4.90 Å². The molecule has 2 N–H and O–H groups in total. The van der Waals surface area contributed by atoms with E-state index in [-0.39, 0.29) is 19.1 Å². The summed E-state index contributed by atoms with van der Waals surface area (Å²) in [7, 11) is 3.08. The van der Waals surface area contributed by atoms with E-state index in [4.69, 9.17) is 9.84 Å². The topological polar surface area (TPSA) is 110 Å². The number of carboxylic acids is 1. The first kappa shape index (κ1) is 13.9. The average Bonchev–Trinajstić information content (AvgIpc) is 2.70. The van der Waals surface area contributed by atoms with E-state index in [1.165, 1.54) is 18.1 Å². The number of hydrogen-bond acceptors (Lipinski definition) is 5. The van der Waals surface area contributed by atoms with Crippen molar-refractivity contribution in [1.82, 2.24) is 19.7 Å². The van der Waals surface area contributed by atoms with Crippen molar-refractivity contribution in [2.45, 2.75) is 0 Å². The zero-order valence-corrected chi connectivity index (χ0v) is 10.2. The molecular formula is C9H15N5O4. The van der Waals surface area contributed by atoms with E-state index < -0.39 is 18.5 Å². The van der Waals surface area contributed by atoms with Gasteiger partial charge in [-0.25, -0.2) is 9.48 Å². The number of ether oxygens (including phenoxy) is 1. The highest BCUT2D eigenvalue weighted by Gasteiger charge is 2.17. The van der Waals surface area contributed by atoms with Crippen molar-refractivity contribution in [2.24, 2.45) is 7.05 Å². The van der Waals surface area contributed by atoms with Gasteiger partial charge >= 0.3 is 12.0 Å². The molecule has 2 amide bonds. The van der Waals surface area contributed by atoms with Gasteiger partial charge in [-0.05, 0) is 0 Å². The van der Waals surface area contributed by atoms with E-state index in [1.54, 1.807) is 7.05 Å². The van der Waals surface area contributed by atoms with Crippen molar-refractivity contribution in [3.05, 3.63) is 6.33 Å². The number of carbonyl (C=O) groups is 2. The zero-order chi connectivity index (χ0) is 13.5. The van der Waals surface area contributed by atoms with Gasteiger partial charge in [0.2, 0.25) is 5.95 Å². The number of carbonyl (C=O) groups excluding carboxylic acids is 1. The Labute approximate surface area is 103 Å². The lowest BCUT2D eigenvalue weighted by Crippen LogP contribution is -2.41. The van der Waals surface area contributed by atoms with Gasteiger partial charge in [-0.15, -0.1) is 0 Å². The number of urea groups is 1. The zero-order valence-electron chi connectivity index (χ0n) is 10.2. The number of carboxylic acid groups (broad SMARTS) is 1. The lowest BCUT2D eigenvalue weighted by atomic mass is 10.5. The van der Waals surface area contributed by atoms with Gasteiger partial charge < -0.3 is 14.7 Å². The van der Waals surface area contributed by atoms with Gasteiger partial charge in [0.1, 0.15) is 12.9 Å². The van der Waals surface area contributed by atoms with Gasteiger partial charge in [-0.2, -0.15) is 10.1 Å². The maximum Gasteiger partial charge on any atom is 0.324 e. The Balaban J connectivity index is 2.63. The van der Waals surface area contributed by atoms with Crippen LogP contribution in [0, 0.1) is 0 Å². The van der Waals surface area contributed by atoms with Crippen LogP contribution < -0.4 is 5.32 Å². The molecule has 1 rings (SSSR count). The highest BCUT2D eigenvalue weighted by atomic mass is 16.5. The van der Waals surface area contributed by atoms with Crippen LogP contribution in [0.2, 0.25) is 0 Å². The SMILES string of the molecule is COCCN(CC(=O)O)C(=O)Nc1ncnn1C. The maximum atomic E-state index is 11.8. The Hall–Kier alpha value is -2.16. The molecule has 0 bridgehead atoms. The normalized spacial score (nSPS) is 10.1. The van der Waals surface area contributed by atoms with Crippen molar-refractivity contribution in [3.63, 3.8) is 0 Å².